The minimum absolute atomic E-state index is 0.0169. The van der Waals surface area contributed by atoms with Gasteiger partial charge in [0.15, 0.2) is 5.69 Å². The predicted octanol–water partition coefficient (Wildman–Crippen LogP) is 2.03. The Morgan fingerprint density at radius 3 is 2.57 bits per heavy atom. The summed E-state index contributed by atoms with van der Waals surface area (Å²) in [4.78, 5) is 28.0. The molecule has 2 heterocycles. The lowest BCUT2D eigenvalue weighted by molar-refractivity contribution is -0.133. The molecule has 2 amide bonds. The van der Waals surface area contributed by atoms with E-state index >= 15 is 0 Å². The smallest absolute Gasteiger partial charge is 0.276 e. The monoisotopic (exact) mass is 313 g/mol. The second-order valence-electron chi connectivity index (χ2n) is 5.71. The maximum absolute atomic E-state index is 12.6. The van der Waals surface area contributed by atoms with E-state index in [1.807, 2.05) is 35.2 Å². The Labute approximate surface area is 134 Å². The van der Waals surface area contributed by atoms with Gasteiger partial charge in [-0.2, -0.15) is 0 Å². The molecule has 0 aliphatic carbocycles. The third-order valence-electron chi connectivity index (χ3n) is 4.10. The Hall–Kier alpha value is -2.63. The Kier molecular flexibility index (Phi) is 4.14. The fourth-order valence-corrected chi connectivity index (χ4v) is 2.93. The van der Waals surface area contributed by atoms with Crippen LogP contribution in [0.1, 0.15) is 34.8 Å². The molecule has 1 aliphatic rings. The van der Waals surface area contributed by atoms with E-state index in [1.165, 1.54) is 0 Å². The van der Waals surface area contributed by atoms with Crippen molar-refractivity contribution in [1.82, 2.24) is 15.0 Å². The second-order valence-corrected chi connectivity index (χ2v) is 5.71. The number of amides is 2. The lowest BCUT2D eigenvalue weighted by Gasteiger charge is -2.41. The quantitative estimate of drug-likeness (QED) is 0.851. The number of aryl methyl sites for hydroxylation is 1. The van der Waals surface area contributed by atoms with Crippen LogP contribution in [0, 0.1) is 6.92 Å². The van der Waals surface area contributed by atoms with E-state index in [0.717, 1.165) is 5.56 Å². The summed E-state index contributed by atoms with van der Waals surface area (Å²) in [5.74, 6) is 0.463. The van der Waals surface area contributed by atoms with Crippen molar-refractivity contribution in [3.05, 3.63) is 53.4 Å². The van der Waals surface area contributed by atoms with Crippen LogP contribution in [0.4, 0.5) is 0 Å². The first-order valence-corrected chi connectivity index (χ1v) is 7.61. The number of carbonyl (C=O) groups excluding carboxylic acids is 2. The first-order chi connectivity index (χ1) is 11.1. The van der Waals surface area contributed by atoms with E-state index in [4.69, 9.17) is 4.52 Å². The van der Waals surface area contributed by atoms with Gasteiger partial charge in [-0.05, 0) is 12.5 Å². The van der Waals surface area contributed by atoms with Crippen molar-refractivity contribution in [2.24, 2.45) is 0 Å². The van der Waals surface area contributed by atoms with E-state index in [9.17, 15) is 9.59 Å². The van der Waals surface area contributed by atoms with Crippen molar-refractivity contribution < 1.29 is 14.1 Å². The molecule has 2 aromatic rings. The summed E-state index contributed by atoms with van der Waals surface area (Å²) in [5.41, 5.74) is 1.34. The van der Waals surface area contributed by atoms with Crippen LogP contribution in [0.25, 0.3) is 0 Å². The molecule has 1 fully saturated rings. The first-order valence-electron chi connectivity index (χ1n) is 7.61. The number of nitrogens with zero attached hydrogens (tertiary/aromatic N) is 3. The summed E-state index contributed by atoms with van der Waals surface area (Å²) < 4.78 is 4.99. The first kappa shape index (κ1) is 15.3. The number of hydrogen-bond donors (Lipinski definition) is 0. The molecule has 1 aliphatic heterocycles. The highest BCUT2D eigenvalue weighted by molar-refractivity contribution is 5.92. The fraction of sp³-hybridized carbons (Fsp3) is 0.353. The molecular formula is C17H19N3O3. The van der Waals surface area contributed by atoms with Crippen molar-refractivity contribution in [1.29, 1.82) is 0 Å². The van der Waals surface area contributed by atoms with Crippen LogP contribution in [0.5, 0.6) is 0 Å². The van der Waals surface area contributed by atoms with Gasteiger partial charge in [0.05, 0.1) is 6.04 Å². The van der Waals surface area contributed by atoms with Crippen molar-refractivity contribution in [2.75, 3.05) is 19.6 Å². The molecule has 0 spiro atoms. The molecule has 1 aromatic carbocycles. The highest BCUT2D eigenvalue weighted by Crippen LogP contribution is 2.26. The summed E-state index contributed by atoms with van der Waals surface area (Å²) >= 11 is 0. The van der Waals surface area contributed by atoms with Gasteiger partial charge < -0.3 is 14.3 Å². The fourth-order valence-electron chi connectivity index (χ4n) is 2.93. The van der Waals surface area contributed by atoms with Crippen LogP contribution >= 0.6 is 0 Å². The molecule has 0 radical (unpaired) electrons. The molecule has 1 aromatic heterocycles. The highest BCUT2D eigenvalue weighted by Gasteiger charge is 2.33. The van der Waals surface area contributed by atoms with Crippen molar-refractivity contribution in [3.63, 3.8) is 0 Å². The van der Waals surface area contributed by atoms with Crippen molar-refractivity contribution in [2.45, 2.75) is 19.9 Å². The Morgan fingerprint density at radius 2 is 1.96 bits per heavy atom. The minimum atomic E-state index is -0.161. The Bertz CT molecular complexity index is 711. The molecular weight excluding hydrogens is 294 g/mol. The van der Waals surface area contributed by atoms with E-state index in [-0.39, 0.29) is 17.9 Å². The molecule has 0 saturated carbocycles. The molecule has 23 heavy (non-hydrogen) atoms. The van der Waals surface area contributed by atoms with Gasteiger partial charge in [0.1, 0.15) is 5.76 Å². The van der Waals surface area contributed by atoms with Gasteiger partial charge >= 0.3 is 0 Å². The summed E-state index contributed by atoms with van der Waals surface area (Å²) in [7, 11) is 0. The number of rotatable bonds is 2. The molecule has 1 saturated heterocycles. The third-order valence-corrected chi connectivity index (χ3v) is 4.10. The summed E-state index contributed by atoms with van der Waals surface area (Å²) in [6.07, 6.45) is 0. The van der Waals surface area contributed by atoms with Gasteiger partial charge in [0.2, 0.25) is 5.91 Å². The lowest BCUT2D eigenvalue weighted by Crippen LogP contribution is -2.51. The molecule has 0 unspecified atom stereocenters. The molecule has 6 nitrogen and oxygen atoms in total. The van der Waals surface area contributed by atoms with Gasteiger partial charge in [-0.1, -0.05) is 35.5 Å². The zero-order valence-corrected chi connectivity index (χ0v) is 13.2. The van der Waals surface area contributed by atoms with Crippen molar-refractivity contribution >= 4 is 11.8 Å². The van der Waals surface area contributed by atoms with E-state index < -0.39 is 0 Å². The van der Waals surface area contributed by atoms with Gasteiger partial charge in [-0.15, -0.1) is 0 Å². The standard InChI is InChI=1S/C17H19N3O3/c1-12-10-15(18-23-12)17(22)19-8-9-20(13(2)21)16(11-19)14-6-4-3-5-7-14/h3-7,10,16H,8-9,11H2,1-2H3/t16-/m0/s1. The summed E-state index contributed by atoms with van der Waals surface area (Å²) in [5, 5.41) is 3.80. The Balaban J connectivity index is 1.84. The van der Waals surface area contributed by atoms with Crippen LogP contribution in [0.2, 0.25) is 0 Å². The van der Waals surface area contributed by atoms with Crippen LogP contribution in [-0.2, 0) is 4.79 Å². The molecule has 1 atom stereocenters. The van der Waals surface area contributed by atoms with Crippen LogP contribution in [-0.4, -0.2) is 46.4 Å². The zero-order valence-electron chi connectivity index (χ0n) is 13.2. The van der Waals surface area contributed by atoms with Gasteiger partial charge in [0.25, 0.3) is 5.91 Å². The summed E-state index contributed by atoms with van der Waals surface area (Å²) in [6, 6.07) is 11.3. The Morgan fingerprint density at radius 1 is 1.22 bits per heavy atom. The maximum Gasteiger partial charge on any atom is 0.276 e. The topological polar surface area (TPSA) is 66.7 Å². The van der Waals surface area contributed by atoms with Crippen LogP contribution in [0.15, 0.2) is 40.9 Å². The minimum Gasteiger partial charge on any atom is -0.361 e. The van der Waals surface area contributed by atoms with Gasteiger partial charge in [-0.25, -0.2) is 0 Å². The SMILES string of the molecule is CC(=O)N1CCN(C(=O)c2cc(C)on2)C[C@H]1c1ccccc1. The van der Waals surface area contributed by atoms with Crippen molar-refractivity contribution in [3.8, 4) is 0 Å². The molecule has 0 bridgehead atoms. The van der Waals surface area contributed by atoms with Crippen LogP contribution < -0.4 is 0 Å². The second kappa shape index (κ2) is 6.24. The number of hydrogen-bond acceptors (Lipinski definition) is 4. The van der Waals surface area contributed by atoms with Crippen LogP contribution in [0.3, 0.4) is 0 Å². The summed E-state index contributed by atoms with van der Waals surface area (Å²) in [6.45, 7) is 4.78. The maximum atomic E-state index is 12.6. The largest absolute Gasteiger partial charge is 0.361 e. The predicted molar refractivity (Wildman–Crippen MR) is 83.7 cm³/mol. The molecule has 120 valence electrons. The molecule has 3 rings (SSSR count). The third kappa shape index (κ3) is 3.11. The lowest BCUT2D eigenvalue weighted by atomic mass is 10.0. The van der Waals surface area contributed by atoms with E-state index in [0.29, 0.717) is 31.1 Å². The number of carbonyl (C=O) groups is 2. The number of aromatic nitrogens is 1. The van der Waals surface area contributed by atoms with Gasteiger partial charge in [-0.3, -0.25) is 9.59 Å². The van der Waals surface area contributed by atoms with E-state index in [1.54, 1.807) is 24.8 Å². The van der Waals surface area contributed by atoms with E-state index in [2.05, 4.69) is 5.16 Å². The normalized spacial score (nSPS) is 18.1. The number of benzene rings is 1. The highest BCUT2D eigenvalue weighted by atomic mass is 16.5. The average molecular weight is 313 g/mol. The molecule has 0 N–H and O–H groups in total. The number of piperazine rings is 1. The van der Waals surface area contributed by atoms with Gasteiger partial charge in [0, 0.05) is 32.6 Å². The average Bonchev–Trinajstić information content (AvgIpc) is 3.01. The molecule has 6 heteroatoms. The zero-order chi connectivity index (χ0) is 16.4.